The number of anilines is 2. The van der Waals surface area contributed by atoms with Crippen LogP contribution in [0.25, 0.3) is 0 Å². The van der Waals surface area contributed by atoms with Crippen LogP contribution in [-0.4, -0.2) is 61.0 Å². The van der Waals surface area contributed by atoms with Crippen molar-refractivity contribution in [1.82, 2.24) is 4.90 Å². The maximum Gasteiger partial charge on any atom is 0.119 e. The molecule has 2 aliphatic heterocycles. The molecule has 0 aromatic heterocycles. The molecular formula is C33H43N3O3. The van der Waals surface area contributed by atoms with E-state index in [0.717, 1.165) is 62.9 Å². The van der Waals surface area contributed by atoms with Crippen LogP contribution in [0.3, 0.4) is 0 Å². The van der Waals surface area contributed by atoms with Crippen LogP contribution in [0.2, 0.25) is 0 Å². The van der Waals surface area contributed by atoms with Crippen LogP contribution < -0.4 is 14.5 Å². The Morgan fingerprint density at radius 1 is 0.872 bits per heavy atom. The van der Waals surface area contributed by atoms with E-state index < -0.39 is 0 Å². The summed E-state index contributed by atoms with van der Waals surface area (Å²) in [5.74, 6) is 1.88. The van der Waals surface area contributed by atoms with Gasteiger partial charge in [0.1, 0.15) is 23.9 Å². The van der Waals surface area contributed by atoms with Crippen molar-refractivity contribution in [1.29, 1.82) is 0 Å². The number of phenols is 2. The summed E-state index contributed by atoms with van der Waals surface area (Å²) in [5, 5.41) is 20.3. The molecule has 0 saturated carbocycles. The van der Waals surface area contributed by atoms with E-state index in [-0.39, 0.29) is 0 Å². The Hall–Kier alpha value is -3.38. The van der Waals surface area contributed by atoms with Crippen molar-refractivity contribution in [2.75, 3.05) is 55.7 Å². The third-order valence-corrected chi connectivity index (χ3v) is 8.23. The summed E-state index contributed by atoms with van der Waals surface area (Å²) >= 11 is 0. The Morgan fingerprint density at radius 3 is 2.38 bits per heavy atom. The Balaban J connectivity index is 1.22. The molecule has 3 aromatic carbocycles. The number of ether oxygens (including phenoxy) is 1. The lowest BCUT2D eigenvalue weighted by atomic mass is 9.95. The topological polar surface area (TPSA) is 59.4 Å². The van der Waals surface area contributed by atoms with E-state index in [1.807, 2.05) is 18.2 Å². The van der Waals surface area contributed by atoms with Gasteiger partial charge in [-0.25, -0.2) is 0 Å². The second-order valence-corrected chi connectivity index (χ2v) is 11.0. The minimum absolute atomic E-state index is 0.295. The first-order valence-electron chi connectivity index (χ1n) is 14.6. The number of rotatable bonds is 10. The molecule has 2 heterocycles. The quantitative estimate of drug-likeness (QED) is 0.318. The molecule has 6 heteroatoms. The zero-order chi connectivity index (χ0) is 27.0. The maximum atomic E-state index is 10.4. The SMILES string of the molecule is CCN(Cc1ccc(OCCN2CCCCCC2)cc1)c1cc(O)ccc1C1CCN(c2cccc(O)c2)C1. The fraction of sp³-hybridized carbons (Fsp3) is 0.455. The minimum Gasteiger partial charge on any atom is -0.508 e. The second-order valence-electron chi connectivity index (χ2n) is 11.0. The molecule has 3 aromatic rings. The molecule has 2 aliphatic rings. The van der Waals surface area contributed by atoms with Crippen LogP contribution in [-0.2, 0) is 6.54 Å². The number of hydrogen-bond donors (Lipinski definition) is 2. The van der Waals surface area contributed by atoms with Gasteiger partial charge in [0, 0.05) is 62.1 Å². The fourth-order valence-electron chi connectivity index (χ4n) is 6.02. The van der Waals surface area contributed by atoms with Gasteiger partial charge in [-0.3, -0.25) is 4.90 Å². The van der Waals surface area contributed by atoms with Gasteiger partial charge in [0.25, 0.3) is 0 Å². The largest absolute Gasteiger partial charge is 0.508 e. The van der Waals surface area contributed by atoms with Crippen molar-refractivity contribution in [3.63, 3.8) is 0 Å². The molecule has 208 valence electrons. The van der Waals surface area contributed by atoms with Crippen molar-refractivity contribution in [3.8, 4) is 17.2 Å². The first kappa shape index (κ1) is 27.2. The van der Waals surface area contributed by atoms with E-state index in [9.17, 15) is 10.2 Å². The highest BCUT2D eigenvalue weighted by atomic mass is 16.5. The summed E-state index contributed by atoms with van der Waals surface area (Å²) in [4.78, 5) is 7.21. The van der Waals surface area contributed by atoms with E-state index in [1.54, 1.807) is 12.1 Å². The van der Waals surface area contributed by atoms with Gasteiger partial charge in [-0.2, -0.15) is 0 Å². The van der Waals surface area contributed by atoms with Gasteiger partial charge < -0.3 is 24.7 Å². The van der Waals surface area contributed by atoms with Crippen molar-refractivity contribution in [3.05, 3.63) is 77.9 Å². The molecule has 0 bridgehead atoms. The van der Waals surface area contributed by atoms with Gasteiger partial charge in [0.2, 0.25) is 0 Å². The molecule has 2 N–H and O–H groups in total. The lowest BCUT2D eigenvalue weighted by Crippen LogP contribution is -2.29. The smallest absolute Gasteiger partial charge is 0.119 e. The van der Waals surface area contributed by atoms with E-state index in [1.165, 1.54) is 49.9 Å². The fourth-order valence-corrected chi connectivity index (χ4v) is 6.02. The van der Waals surface area contributed by atoms with Crippen molar-refractivity contribution in [2.45, 2.75) is 51.5 Å². The van der Waals surface area contributed by atoms with Crippen LogP contribution in [0.4, 0.5) is 11.4 Å². The highest BCUT2D eigenvalue weighted by Crippen LogP contribution is 2.38. The Kier molecular flexibility index (Phi) is 9.15. The summed E-state index contributed by atoms with van der Waals surface area (Å²) < 4.78 is 6.07. The average molecular weight is 530 g/mol. The van der Waals surface area contributed by atoms with E-state index in [4.69, 9.17) is 4.74 Å². The molecular weight excluding hydrogens is 486 g/mol. The minimum atomic E-state index is 0.295. The normalized spacial score (nSPS) is 18.2. The average Bonchev–Trinajstić information content (AvgIpc) is 3.30. The van der Waals surface area contributed by atoms with Crippen LogP contribution in [0.15, 0.2) is 66.7 Å². The van der Waals surface area contributed by atoms with E-state index in [2.05, 4.69) is 58.0 Å². The monoisotopic (exact) mass is 529 g/mol. The van der Waals surface area contributed by atoms with Gasteiger partial charge in [-0.1, -0.05) is 37.1 Å². The first-order valence-corrected chi connectivity index (χ1v) is 14.6. The summed E-state index contributed by atoms with van der Waals surface area (Å²) in [5.41, 5.74) is 4.64. The van der Waals surface area contributed by atoms with Crippen LogP contribution >= 0.6 is 0 Å². The number of nitrogens with zero attached hydrogens (tertiary/aromatic N) is 3. The van der Waals surface area contributed by atoms with Gasteiger partial charge in [-0.05, 0) is 80.7 Å². The Labute approximate surface area is 233 Å². The lowest BCUT2D eigenvalue weighted by molar-refractivity contribution is 0.214. The van der Waals surface area contributed by atoms with Crippen molar-refractivity contribution in [2.24, 2.45) is 0 Å². The van der Waals surface area contributed by atoms with Gasteiger partial charge in [-0.15, -0.1) is 0 Å². The first-order chi connectivity index (χ1) is 19.1. The third kappa shape index (κ3) is 7.18. The second kappa shape index (κ2) is 13.1. The van der Waals surface area contributed by atoms with E-state index >= 15 is 0 Å². The summed E-state index contributed by atoms with van der Waals surface area (Å²) in [7, 11) is 0. The third-order valence-electron chi connectivity index (χ3n) is 8.23. The number of aromatic hydroxyl groups is 2. The molecule has 1 unspecified atom stereocenters. The van der Waals surface area contributed by atoms with E-state index in [0.29, 0.717) is 17.4 Å². The summed E-state index contributed by atoms with van der Waals surface area (Å²) in [6, 6.07) is 21.8. The Bertz CT molecular complexity index is 1190. The molecule has 39 heavy (non-hydrogen) atoms. The zero-order valence-corrected chi connectivity index (χ0v) is 23.3. The number of benzene rings is 3. The zero-order valence-electron chi connectivity index (χ0n) is 23.3. The molecule has 0 aliphatic carbocycles. The summed E-state index contributed by atoms with van der Waals surface area (Å²) in [6.07, 6.45) is 6.36. The van der Waals surface area contributed by atoms with Crippen LogP contribution in [0.1, 0.15) is 56.1 Å². The highest BCUT2D eigenvalue weighted by molar-refractivity contribution is 5.60. The predicted molar refractivity (Wildman–Crippen MR) is 159 cm³/mol. The van der Waals surface area contributed by atoms with Crippen LogP contribution in [0, 0.1) is 0 Å². The predicted octanol–water partition coefficient (Wildman–Crippen LogP) is 6.37. The molecule has 0 amide bonds. The number of likely N-dealkylation sites (tertiary alicyclic amines) is 1. The van der Waals surface area contributed by atoms with Crippen LogP contribution in [0.5, 0.6) is 17.2 Å². The lowest BCUT2D eigenvalue weighted by Gasteiger charge is -2.28. The molecule has 0 spiro atoms. The maximum absolute atomic E-state index is 10.4. The number of phenolic OH excluding ortho intramolecular Hbond substituents is 2. The Morgan fingerprint density at radius 2 is 1.64 bits per heavy atom. The molecule has 6 nitrogen and oxygen atoms in total. The van der Waals surface area contributed by atoms with Gasteiger partial charge >= 0.3 is 0 Å². The van der Waals surface area contributed by atoms with Gasteiger partial charge in [0.15, 0.2) is 0 Å². The van der Waals surface area contributed by atoms with Crippen molar-refractivity contribution >= 4 is 11.4 Å². The highest BCUT2D eigenvalue weighted by Gasteiger charge is 2.27. The number of hydrogen-bond acceptors (Lipinski definition) is 6. The summed E-state index contributed by atoms with van der Waals surface area (Å²) in [6.45, 7) is 9.73. The van der Waals surface area contributed by atoms with Gasteiger partial charge in [0.05, 0.1) is 0 Å². The molecule has 0 radical (unpaired) electrons. The van der Waals surface area contributed by atoms with Crippen molar-refractivity contribution < 1.29 is 14.9 Å². The molecule has 1 atom stereocenters. The molecule has 2 saturated heterocycles. The molecule has 2 fully saturated rings. The standard InChI is InChI=1S/C33H43N3O3/c1-2-35(24-26-10-13-31(14-11-26)39-21-20-34-17-5-3-4-6-18-34)33-23-30(38)12-15-32(33)27-16-19-36(25-27)28-8-7-9-29(37)22-28/h7-15,22-23,27,37-38H,2-6,16-21,24-25H2,1H3. The molecule has 5 rings (SSSR count).